The van der Waals surface area contributed by atoms with E-state index >= 15 is 0 Å². The number of urea groups is 1. The van der Waals surface area contributed by atoms with Gasteiger partial charge in [0.2, 0.25) is 0 Å². The molecule has 0 spiro atoms. The summed E-state index contributed by atoms with van der Waals surface area (Å²) >= 11 is 6.00. The summed E-state index contributed by atoms with van der Waals surface area (Å²) in [5.41, 5.74) is 1.19. The van der Waals surface area contributed by atoms with Crippen molar-refractivity contribution in [2.75, 3.05) is 28.2 Å². The summed E-state index contributed by atoms with van der Waals surface area (Å²) in [5, 5.41) is 3.01. The summed E-state index contributed by atoms with van der Waals surface area (Å²) in [6.45, 7) is 1.62. The lowest BCUT2D eigenvalue weighted by molar-refractivity contribution is 0.255. The number of fused-ring (bicyclic) bond motifs is 4. The maximum atomic E-state index is 13.2. The van der Waals surface area contributed by atoms with Crippen LogP contribution in [0.2, 0.25) is 5.15 Å². The van der Waals surface area contributed by atoms with Crippen LogP contribution in [-0.2, 0) is 0 Å². The summed E-state index contributed by atoms with van der Waals surface area (Å²) in [6.07, 6.45) is 3.34. The van der Waals surface area contributed by atoms with Gasteiger partial charge in [0.15, 0.2) is 5.82 Å². The number of amides is 2. The van der Waals surface area contributed by atoms with E-state index in [0.29, 0.717) is 16.7 Å². The van der Waals surface area contributed by atoms with Gasteiger partial charge in [-0.25, -0.2) is 14.2 Å². The van der Waals surface area contributed by atoms with Gasteiger partial charge in [0.05, 0.1) is 29.8 Å². The molecule has 2 aromatic rings. The first-order valence-electron chi connectivity index (χ1n) is 7.24. The van der Waals surface area contributed by atoms with Gasteiger partial charge in [0.25, 0.3) is 0 Å². The molecule has 0 saturated carbocycles. The Labute approximate surface area is 136 Å². The molecule has 1 fully saturated rings. The van der Waals surface area contributed by atoms with E-state index in [2.05, 4.69) is 20.2 Å². The average molecular weight is 334 g/mol. The van der Waals surface area contributed by atoms with Crippen molar-refractivity contribution in [3.05, 3.63) is 41.6 Å². The molecule has 2 amide bonds. The third kappa shape index (κ3) is 2.46. The Balaban J connectivity index is 1.68. The number of halogens is 2. The Morgan fingerprint density at radius 3 is 3.09 bits per heavy atom. The standard InChI is InChI=1S/C15H13ClFN5O/c16-13-2-1-12-14(20-13)22(11-3-4-21(12)8-11)15(23)19-10-5-9(17)6-18-7-10/h1-2,5-7,11H,3-4,8H2,(H,19,23)/t11-/m0/s1. The first-order chi connectivity index (χ1) is 11.1. The highest BCUT2D eigenvalue weighted by molar-refractivity contribution is 6.29. The van der Waals surface area contributed by atoms with E-state index in [1.54, 1.807) is 11.0 Å². The molecule has 4 rings (SSSR count). The minimum absolute atomic E-state index is 0.0231. The summed E-state index contributed by atoms with van der Waals surface area (Å²) < 4.78 is 13.2. The van der Waals surface area contributed by atoms with Gasteiger partial charge in [-0.3, -0.25) is 9.88 Å². The van der Waals surface area contributed by atoms with E-state index < -0.39 is 5.82 Å². The smallest absolute Gasteiger partial charge is 0.327 e. The molecular formula is C15H13ClFN5O. The number of hydrogen-bond donors (Lipinski definition) is 1. The Bertz CT molecular complexity index is 786. The molecule has 2 aliphatic heterocycles. The normalized spacial score (nSPS) is 18.8. The summed E-state index contributed by atoms with van der Waals surface area (Å²) in [6, 6.07) is 4.47. The van der Waals surface area contributed by atoms with E-state index in [-0.39, 0.29) is 12.1 Å². The van der Waals surface area contributed by atoms with Crippen molar-refractivity contribution in [1.82, 2.24) is 9.97 Å². The van der Waals surface area contributed by atoms with E-state index in [4.69, 9.17) is 11.6 Å². The average Bonchev–Trinajstić information content (AvgIpc) is 2.92. The number of anilines is 3. The number of carbonyl (C=O) groups is 1. The predicted molar refractivity (Wildman–Crippen MR) is 85.6 cm³/mol. The first kappa shape index (κ1) is 14.2. The highest BCUT2D eigenvalue weighted by Gasteiger charge is 2.40. The third-order valence-corrected chi connectivity index (χ3v) is 4.30. The Kier molecular flexibility index (Phi) is 3.30. The van der Waals surface area contributed by atoms with Crippen LogP contribution in [0.4, 0.5) is 26.4 Å². The second-order valence-corrected chi connectivity index (χ2v) is 5.94. The summed E-state index contributed by atoms with van der Waals surface area (Å²) in [5.74, 6) is 0.0307. The SMILES string of the molecule is O=C(Nc1cncc(F)c1)N1c2nc(Cl)ccc2N2CC[C@H]1C2. The largest absolute Gasteiger partial charge is 0.366 e. The molecule has 1 N–H and O–H groups in total. The maximum Gasteiger partial charge on any atom is 0.327 e. The van der Waals surface area contributed by atoms with Gasteiger partial charge in [-0.15, -0.1) is 0 Å². The van der Waals surface area contributed by atoms with Gasteiger partial charge in [0.1, 0.15) is 11.0 Å². The molecule has 2 aromatic heterocycles. The van der Waals surface area contributed by atoms with Crippen molar-refractivity contribution in [3.63, 3.8) is 0 Å². The quantitative estimate of drug-likeness (QED) is 0.815. The van der Waals surface area contributed by atoms with Gasteiger partial charge < -0.3 is 10.2 Å². The molecule has 1 saturated heterocycles. The highest BCUT2D eigenvalue weighted by atomic mass is 35.5. The Morgan fingerprint density at radius 1 is 1.39 bits per heavy atom. The van der Waals surface area contributed by atoms with Gasteiger partial charge in [-0.2, -0.15) is 0 Å². The number of rotatable bonds is 1. The fraction of sp³-hybridized carbons (Fsp3) is 0.267. The van der Waals surface area contributed by atoms with Crippen molar-refractivity contribution in [2.24, 2.45) is 0 Å². The number of carbonyl (C=O) groups excluding carboxylic acids is 1. The van der Waals surface area contributed by atoms with Gasteiger partial charge >= 0.3 is 6.03 Å². The van der Waals surface area contributed by atoms with Crippen molar-refractivity contribution in [3.8, 4) is 0 Å². The Morgan fingerprint density at radius 2 is 2.26 bits per heavy atom. The number of hydrogen-bond acceptors (Lipinski definition) is 4. The van der Waals surface area contributed by atoms with Gasteiger partial charge in [-0.1, -0.05) is 11.6 Å². The van der Waals surface area contributed by atoms with Crippen molar-refractivity contribution in [2.45, 2.75) is 12.5 Å². The molecule has 6 nitrogen and oxygen atoms in total. The van der Waals surface area contributed by atoms with Crippen molar-refractivity contribution in [1.29, 1.82) is 0 Å². The molecule has 23 heavy (non-hydrogen) atoms. The second-order valence-electron chi connectivity index (χ2n) is 5.56. The molecule has 8 heteroatoms. The zero-order chi connectivity index (χ0) is 16.0. The molecule has 0 aromatic carbocycles. The zero-order valence-corrected chi connectivity index (χ0v) is 12.8. The molecule has 1 atom stereocenters. The van der Waals surface area contributed by atoms with Crippen molar-refractivity contribution < 1.29 is 9.18 Å². The minimum atomic E-state index is -0.505. The topological polar surface area (TPSA) is 61.4 Å². The maximum absolute atomic E-state index is 13.2. The van der Waals surface area contributed by atoms with Crippen LogP contribution < -0.4 is 15.1 Å². The molecule has 118 valence electrons. The monoisotopic (exact) mass is 333 g/mol. The molecule has 0 unspecified atom stereocenters. The van der Waals surface area contributed by atoms with Crippen molar-refractivity contribution >= 4 is 34.8 Å². The van der Waals surface area contributed by atoms with E-state index in [1.807, 2.05) is 6.07 Å². The molecule has 0 radical (unpaired) electrons. The van der Waals surface area contributed by atoms with Gasteiger partial charge in [0, 0.05) is 19.2 Å². The lowest BCUT2D eigenvalue weighted by Crippen LogP contribution is -2.48. The lowest BCUT2D eigenvalue weighted by Gasteiger charge is -2.35. The van der Waals surface area contributed by atoms with Crippen LogP contribution in [0.5, 0.6) is 0 Å². The number of aromatic nitrogens is 2. The van der Waals surface area contributed by atoms with Crippen LogP contribution in [0.1, 0.15) is 6.42 Å². The van der Waals surface area contributed by atoms with Crippen LogP contribution in [0.15, 0.2) is 30.6 Å². The van der Waals surface area contributed by atoms with Crippen LogP contribution in [0.3, 0.4) is 0 Å². The third-order valence-electron chi connectivity index (χ3n) is 4.09. The van der Waals surface area contributed by atoms with E-state index in [1.165, 1.54) is 12.3 Å². The lowest BCUT2D eigenvalue weighted by atomic mass is 10.2. The fourth-order valence-corrected chi connectivity index (χ4v) is 3.26. The number of nitrogens with zero attached hydrogens (tertiary/aromatic N) is 4. The van der Waals surface area contributed by atoms with Gasteiger partial charge in [-0.05, 0) is 18.6 Å². The Hall–Kier alpha value is -2.41. The van der Waals surface area contributed by atoms with Crippen LogP contribution in [0, 0.1) is 5.82 Å². The molecule has 2 aliphatic rings. The van der Waals surface area contributed by atoms with Crippen LogP contribution >= 0.6 is 11.6 Å². The first-order valence-corrected chi connectivity index (χ1v) is 7.62. The molecule has 0 aliphatic carbocycles. The molecule has 2 bridgehead atoms. The van der Waals surface area contributed by atoms with E-state index in [9.17, 15) is 9.18 Å². The fourth-order valence-electron chi connectivity index (χ4n) is 3.11. The number of nitrogens with one attached hydrogen (secondary N) is 1. The highest BCUT2D eigenvalue weighted by Crippen LogP contribution is 2.39. The molecule has 4 heterocycles. The van der Waals surface area contributed by atoms with Crippen LogP contribution in [0.25, 0.3) is 0 Å². The minimum Gasteiger partial charge on any atom is -0.366 e. The second kappa shape index (κ2) is 5.34. The molecular weight excluding hydrogens is 321 g/mol. The summed E-state index contributed by atoms with van der Waals surface area (Å²) in [7, 11) is 0. The summed E-state index contributed by atoms with van der Waals surface area (Å²) in [4.78, 5) is 24.6. The predicted octanol–water partition coefficient (Wildman–Crippen LogP) is 2.90. The number of pyridine rings is 2. The zero-order valence-electron chi connectivity index (χ0n) is 12.0. The van der Waals surface area contributed by atoms with E-state index in [0.717, 1.165) is 31.4 Å². The van der Waals surface area contributed by atoms with Crippen LogP contribution in [-0.4, -0.2) is 35.1 Å².